The Balaban J connectivity index is 1.45. The summed E-state index contributed by atoms with van der Waals surface area (Å²) >= 11 is 6.09. The summed E-state index contributed by atoms with van der Waals surface area (Å²) in [4.78, 5) is 35.9. The number of esters is 1. The lowest BCUT2D eigenvalue weighted by atomic mass is 10.1. The van der Waals surface area contributed by atoms with Crippen molar-refractivity contribution in [1.82, 2.24) is 0 Å². The number of carbonyl (C=O) groups excluding carboxylic acids is 2. The number of rotatable bonds is 8. The standard InChI is InChI=1S/C24H19ClN2O7/c25-18-13-17(27(30)31)8-9-19(18)26-24(29)23(16-4-2-1-3-5-16)34-22(28)11-7-15-6-10-20-21(12-15)33-14-32-20/h1-6,8-10,12-13,23H,7,11,14H2,(H,26,29). The van der Waals surface area contributed by atoms with Gasteiger partial charge in [-0.25, -0.2) is 0 Å². The van der Waals surface area contributed by atoms with E-state index in [9.17, 15) is 19.7 Å². The molecular weight excluding hydrogens is 464 g/mol. The molecule has 3 aromatic rings. The third kappa shape index (κ3) is 5.44. The van der Waals surface area contributed by atoms with Gasteiger partial charge in [0.1, 0.15) is 0 Å². The fourth-order valence-corrected chi connectivity index (χ4v) is 3.57. The molecule has 0 bridgehead atoms. The minimum absolute atomic E-state index is 0.0107. The predicted octanol–water partition coefficient (Wildman–Crippen LogP) is 4.83. The second kappa shape index (κ2) is 10.2. The Bertz CT molecular complexity index is 1230. The van der Waals surface area contributed by atoms with Crippen LogP contribution in [0.3, 0.4) is 0 Å². The van der Waals surface area contributed by atoms with Crippen LogP contribution >= 0.6 is 11.6 Å². The van der Waals surface area contributed by atoms with E-state index >= 15 is 0 Å². The first kappa shape index (κ1) is 23.1. The van der Waals surface area contributed by atoms with Crippen molar-refractivity contribution in [3.05, 3.63) is 93.0 Å². The third-order valence-electron chi connectivity index (χ3n) is 5.07. The zero-order valence-corrected chi connectivity index (χ0v) is 18.5. The van der Waals surface area contributed by atoms with Crippen LogP contribution in [0.2, 0.25) is 5.02 Å². The summed E-state index contributed by atoms with van der Waals surface area (Å²) in [6.45, 7) is 0.160. The Morgan fingerprint density at radius 3 is 2.56 bits per heavy atom. The van der Waals surface area contributed by atoms with Crippen molar-refractivity contribution in [2.24, 2.45) is 0 Å². The quantitative estimate of drug-likeness (QED) is 0.277. The Labute approximate surface area is 199 Å². The van der Waals surface area contributed by atoms with Crippen molar-refractivity contribution in [3.63, 3.8) is 0 Å². The van der Waals surface area contributed by atoms with Gasteiger partial charge in [-0.2, -0.15) is 0 Å². The summed E-state index contributed by atoms with van der Waals surface area (Å²) in [7, 11) is 0. The van der Waals surface area contributed by atoms with E-state index in [0.717, 1.165) is 11.6 Å². The smallest absolute Gasteiger partial charge is 0.307 e. The van der Waals surface area contributed by atoms with Gasteiger partial charge in [0.05, 0.1) is 15.6 Å². The summed E-state index contributed by atoms with van der Waals surface area (Å²) in [5, 5.41) is 13.5. The topological polar surface area (TPSA) is 117 Å². The lowest BCUT2D eigenvalue weighted by Crippen LogP contribution is -2.26. The Morgan fingerprint density at radius 2 is 1.82 bits per heavy atom. The lowest BCUT2D eigenvalue weighted by molar-refractivity contribution is -0.384. The number of non-ortho nitro benzene ring substituents is 1. The van der Waals surface area contributed by atoms with Gasteiger partial charge in [-0.1, -0.05) is 48.0 Å². The molecule has 10 heteroatoms. The van der Waals surface area contributed by atoms with Crippen LogP contribution in [0.1, 0.15) is 23.7 Å². The normalized spacial score (nSPS) is 12.6. The molecule has 1 aliphatic rings. The molecule has 0 aromatic heterocycles. The van der Waals surface area contributed by atoms with Gasteiger partial charge >= 0.3 is 5.97 Å². The highest BCUT2D eigenvalue weighted by atomic mass is 35.5. The van der Waals surface area contributed by atoms with Gasteiger partial charge in [0.2, 0.25) is 12.9 Å². The van der Waals surface area contributed by atoms with E-state index in [-0.39, 0.29) is 29.6 Å². The second-order valence-electron chi connectivity index (χ2n) is 7.38. The van der Waals surface area contributed by atoms with E-state index in [1.165, 1.54) is 12.1 Å². The molecule has 0 aliphatic carbocycles. The third-order valence-corrected chi connectivity index (χ3v) is 5.38. The van der Waals surface area contributed by atoms with Crippen LogP contribution in [0.4, 0.5) is 11.4 Å². The highest BCUT2D eigenvalue weighted by Crippen LogP contribution is 2.33. The molecule has 1 N–H and O–H groups in total. The van der Waals surface area contributed by atoms with E-state index in [1.54, 1.807) is 42.5 Å². The molecule has 4 rings (SSSR count). The van der Waals surface area contributed by atoms with Crippen LogP contribution in [0.15, 0.2) is 66.7 Å². The highest BCUT2D eigenvalue weighted by Gasteiger charge is 2.26. The SMILES string of the molecule is O=C(CCc1ccc2c(c1)OCO2)OC(C(=O)Nc1ccc([N+](=O)[O-])cc1Cl)c1ccccc1. The first-order chi connectivity index (χ1) is 16.4. The maximum absolute atomic E-state index is 13.0. The number of carbonyl (C=O) groups is 2. The van der Waals surface area contributed by atoms with E-state index in [0.29, 0.717) is 23.5 Å². The number of hydrogen-bond acceptors (Lipinski definition) is 7. The molecule has 3 aromatic carbocycles. The highest BCUT2D eigenvalue weighted by molar-refractivity contribution is 6.34. The first-order valence-corrected chi connectivity index (χ1v) is 10.7. The van der Waals surface area contributed by atoms with Gasteiger partial charge in [0.15, 0.2) is 11.5 Å². The molecule has 0 fully saturated rings. The van der Waals surface area contributed by atoms with E-state index < -0.39 is 22.9 Å². The van der Waals surface area contributed by atoms with Crippen molar-refractivity contribution in [1.29, 1.82) is 0 Å². The number of hydrogen-bond donors (Lipinski definition) is 1. The van der Waals surface area contributed by atoms with Crippen molar-refractivity contribution < 1.29 is 28.7 Å². The first-order valence-electron chi connectivity index (χ1n) is 10.3. The van der Waals surface area contributed by atoms with E-state index in [2.05, 4.69) is 5.32 Å². The van der Waals surface area contributed by atoms with E-state index in [1.807, 2.05) is 6.07 Å². The molecule has 1 aliphatic heterocycles. The van der Waals surface area contributed by atoms with E-state index in [4.69, 9.17) is 25.8 Å². The van der Waals surface area contributed by atoms with Crippen LogP contribution in [-0.4, -0.2) is 23.6 Å². The predicted molar refractivity (Wildman–Crippen MR) is 123 cm³/mol. The average molecular weight is 483 g/mol. The van der Waals surface area contributed by atoms with Crippen LogP contribution in [0.25, 0.3) is 0 Å². The minimum atomic E-state index is -1.24. The summed E-state index contributed by atoms with van der Waals surface area (Å²) < 4.78 is 16.2. The number of nitrogens with zero attached hydrogens (tertiary/aromatic N) is 1. The molecular formula is C24H19ClN2O7. The lowest BCUT2D eigenvalue weighted by Gasteiger charge is -2.18. The molecule has 1 atom stereocenters. The van der Waals surface area contributed by atoms with Gasteiger partial charge in [0, 0.05) is 24.1 Å². The average Bonchev–Trinajstić information content (AvgIpc) is 3.31. The van der Waals surface area contributed by atoms with Gasteiger partial charge < -0.3 is 19.5 Å². The Morgan fingerprint density at radius 1 is 1.06 bits per heavy atom. The number of halogens is 1. The molecule has 0 spiro atoms. The molecule has 1 amide bonds. The maximum atomic E-state index is 13.0. The molecule has 1 heterocycles. The zero-order chi connectivity index (χ0) is 24.1. The van der Waals surface area contributed by atoms with Crippen LogP contribution in [0.5, 0.6) is 11.5 Å². The fraction of sp³-hybridized carbons (Fsp3) is 0.167. The van der Waals surface area contributed by atoms with Gasteiger partial charge in [-0.05, 0) is 30.2 Å². The van der Waals surface area contributed by atoms with Crippen molar-refractivity contribution in [3.8, 4) is 11.5 Å². The summed E-state index contributed by atoms with van der Waals surface area (Å²) in [6.07, 6.45) is -0.821. The number of amides is 1. The summed E-state index contributed by atoms with van der Waals surface area (Å²) in [6, 6.07) is 17.6. The number of aryl methyl sites for hydroxylation is 1. The molecule has 34 heavy (non-hydrogen) atoms. The molecule has 1 unspecified atom stereocenters. The number of fused-ring (bicyclic) bond motifs is 1. The number of benzene rings is 3. The van der Waals surface area contributed by atoms with Crippen molar-refractivity contribution >= 4 is 34.9 Å². The Kier molecular flexibility index (Phi) is 6.93. The number of anilines is 1. The Hall–Kier alpha value is -4.11. The fourth-order valence-electron chi connectivity index (χ4n) is 3.35. The molecule has 174 valence electrons. The summed E-state index contributed by atoms with van der Waals surface area (Å²) in [5.41, 5.74) is 1.28. The molecule has 0 saturated carbocycles. The molecule has 0 saturated heterocycles. The van der Waals surface area contributed by atoms with Crippen molar-refractivity contribution in [2.45, 2.75) is 18.9 Å². The maximum Gasteiger partial charge on any atom is 0.307 e. The van der Waals surface area contributed by atoms with Crippen LogP contribution in [0, 0.1) is 10.1 Å². The number of nitro groups is 1. The number of ether oxygens (including phenoxy) is 3. The molecule has 9 nitrogen and oxygen atoms in total. The van der Waals surface area contributed by atoms with Gasteiger partial charge in [-0.3, -0.25) is 19.7 Å². The van der Waals surface area contributed by atoms with Gasteiger partial charge in [0.25, 0.3) is 11.6 Å². The summed E-state index contributed by atoms with van der Waals surface area (Å²) in [5.74, 6) is 0.0549. The second-order valence-corrected chi connectivity index (χ2v) is 7.79. The van der Waals surface area contributed by atoms with Crippen LogP contribution < -0.4 is 14.8 Å². The van der Waals surface area contributed by atoms with Gasteiger partial charge in [-0.15, -0.1) is 0 Å². The monoisotopic (exact) mass is 482 g/mol. The van der Waals surface area contributed by atoms with Crippen molar-refractivity contribution in [2.75, 3.05) is 12.1 Å². The molecule has 0 radical (unpaired) electrons. The van der Waals surface area contributed by atoms with Crippen LogP contribution in [-0.2, 0) is 20.7 Å². The minimum Gasteiger partial charge on any atom is -0.454 e. The largest absolute Gasteiger partial charge is 0.454 e. The number of nitrogens with one attached hydrogen (secondary N) is 1. The zero-order valence-electron chi connectivity index (χ0n) is 17.7. The number of nitro benzene ring substituents is 1.